The molecule has 0 aliphatic heterocycles. The predicted octanol–water partition coefficient (Wildman–Crippen LogP) is 2.66. The molecule has 0 spiro atoms. The SMILES string of the molecule is CCCCC(CN)Nc1cccc(F)c1[N+](=O)[O-]. The van der Waals surface area contributed by atoms with E-state index >= 15 is 0 Å². The van der Waals surface area contributed by atoms with E-state index in [0.717, 1.165) is 25.3 Å². The summed E-state index contributed by atoms with van der Waals surface area (Å²) in [6.45, 7) is 2.41. The van der Waals surface area contributed by atoms with Gasteiger partial charge in [0, 0.05) is 12.6 Å². The Morgan fingerprint density at radius 2 is 2.28 bits per heavy atom. The highest BCUT2D eigenvalue weighted by Gasteiger charge is 2.21. The fourth-order valence-electron chi connectivity index (χ4n) is 1.74. The first-order valence-electron chi connectivity index (χ1n) is 5.99. The van der Waals surface area contributed by atoms with Crippen molar-refractivity contribution in [3.05, 3.63) is 34.1 Å². The Bertz CT molecular complexity index is 412. The first-order valence-corrected chi connectivity index (χ1v) is 5.99. The second-order valence-electron chi connectivity index (χ2n) is 4.11. The van der Waals surface area contributed by atoms with E-state index < -0.39 is 16.4 Å². The standard InChI is InChI=1S/C12H18FN3O2/c1-2-3-5-9(8-14)15-11-7-4-6-10(13)12(11)16(17)18/h4,6-7,9,15H,2-3,5,8,14H2,1H3. The quantitative estimate of drug-likeness (QED) is 0.579. The largest absolute Gasteiger partial charge is 0.375 e. The molecule has 0 saturated carbocycles. The van der Waals surface area contributed by atoms with E-state index in [0.29, 0.717) is 6.54 Å². The highest BCUT2D eigenvalue weighted by molar-refractivity contribution is 5.62. The Balaban J connectivity index is 2.88. The number of unbranched alkanes of at least 4 members (excludes halogenated alkanes) is 1. The summed E-state index contributed by atoms with van der Waals surface area (Å²) in [5.74, 6) is -0.837. The molecule has 1 unspecified atom stereocenters. The van der Waals surface area contributed by atoms with E-state index in [1.807, 2.05) is 0 Å². The van der Waals surface area contributed by atoms with Crippen LogP contribution in [0.4, 0.5) is 15.8 Å². The molecular formula is C12H18FN3O2. The molecule has 0 amide bonds. The van der Waals surface area contributed by atoms with Crippen molar-refractivity contribution in [2.45, 2.75) is 32.2 Å². The molecule has 5 nitrogen and oxygen atoms in total. The fraction of sp³-hybridized carbons (Fsp3) is 0.500. The van der Waals surface area contributed by atoms with Crippen molar-refractivity contribution in [2.24, 2.45) is 5.73 Å². The number of nitrogens with one attached hydrogen (secondary N) is 1. The number of para-hydroxylation sites is 1. The molecule has 100 valence electrons. The highest BCUT2D eigenvalue weighted by Crippen LogP contribution is 2.28. The van der Waals surface area contributed by atoms with Crippen molar-refractivity contribution >= 4 is 11.4 Å². The van der Waals surface area contributed by atoms with Crippen LogP contribution in [0.5, 0.6) is 0 Å². The van der Waals surface area contributed by atoms with Crippen molar-refractivity contribution in [1.29, 1.82) is 0 Å². The van der Waals surface area contributed by atoms with Crippen LogP contribution in [0, 0.1) is 15.9 Å². The maximum atomic E-state index is 13.4. The van der Waals surface area contributed by atoms with E-state index in [4.69, 9.17) is 5.73 Å². The monoisotopic (exact) mass is 255 g/mol. The minimum atomic E-state index is -0.837. The van der Waals surface area contributed by atoms with Crippen molar-refractivity contribution in [3.63, 3.8) is 0 Å². The summed E-state index contributed by atoms with van der Waals surface area (Å²) in [5.41, 5.74) is 5.27. The van der Waals surface area contributed by atoms with E-state index in [2.05, 4.69) is 12.2 Å². The number of nitro benzene ring substituents is 1. The molecular weight excluding hydrogens is 237 g/mol. The van der Waals surface area contributed by atoms with Crippen molar-refractivity contribution < 1.29 is 9.31 Å². The summed E-state index contributed by atoms with van der Waals surface area (Å²) in [5, 5.41) is 13.8. The molecule has 0 aliphatic rings. The minimum Gasteiger partial charge on any atom is -0.375 e. The van der Waals surface area contributed by atoms with Crippen LogP contribution in [0.2, 0.25) is 0 Å². The van der Waals surface area contributed by atoms with Crippen LogP contribution in [-0.2, 0) is 0 Å². The van der Waals surface area contributed by atoms with Crippen molar-refractivity contribution in [2.75, 3.05) is 11.9 Å². The van der Waals surface area contributed by atoms with Gasteiger partial charge in [0.25, 0.3) is 0 Å². The van der Waals surface area contributed by atoms with Gasteiger partial charge < -0.3 is 11.1 Å². The highest BCUT2D eigenvalue weighted by atomic mass is 19.1. The maximum absolute atomic E-state index is 13.4. The number of nitrogens with zero attached hydrogens (tertiary/aromatic N) is 1. The third-order valence-corrected chi connectivity index (χ3v) is 2.72. The van der Waals surface area contributed by atoms with Gasteiger partial charge in [-0.2, -0.15) is 4.39 Å². The van der Waals surface area contributed by atoms with Gasteiger partial charge in [0.2, 0.25) is 5.82 Å². The molecule has 0 fully saturated rings. The number of halogens is 1. The van der Waals surface area contributed by atoms with Gasteiger partial charge in [-0.05, 0) is 18.6 Å². The third kappa shape index (κ3) is 3.66. The lowest BCUT2D eigenvalue weighted by atomic mass is 10.1. The first kappa shape index (κ1) is 14.4. The lowest BCUT2D eigenvalue weighted by molar-refractivity contribution is -0.386. The van der Waals surface area contributed by atoms with E-state index in [-0.39, 0.29) is 11.7 Å². The van der Waals surface area contributed by atoms with E-state index in [9.17, 15) is 14.5 Å². The molecule has 0 saturated heterocycles. The van der Waals surface area contributed by atoms with E-state index in [1.165, 1.54) is 12.1 Å². The summed E-state index contributed by atoms with van der Waals surface area (Å²) in [4.78, 5) is 10.1. The average molecular weight is 255 g/mol. The summed E-state index contributed by atoms with van der Waals surface area (Å²) in [6, 6.07) is 3.94. The Labute approximate surface area is 105 Å². The molecule has 1 atom stereocenters. The van der Waals surface area contributed by atoms with Gasteiger partial charge in [-0.25, -0.2) is 0 Å². The minimum absolute atomic E-state index is 0.0783. The van der Waals surface area contributed by atoms with E-state index in [1.54, 1.807) is 0 Å². The van der Waals surface area contributed by atoms with Crippen LogP contribution < -0.4 is 11.1 Å². The Morgan fingerprint density at radius 3 is 2.83 bits per heavy atom. The van der Waals surface area contributed by atoms with Gasteiger partial charge in [-0.1, -0.05) is 25.8 Å². The Kier molecular flexibility index (Phi) is 5.51. The third-order valence-electron chi connectivity index (χ3n) is 2.72. The van der Waals surface area contributed by atoms with Gasteiger partial charge >= 0.3 is 5.69 Å². The van der Waals surface area contributed by atoms with Crippen LogP contribution in [0.1, 0.15) is 26.2 Å². The molecule has 1 rings (SSSR count). The average Bonchev–Trinajstić information content (AvgIpc) is 2.33. The fourth-order valence-corrected chi connectivity index (χ4v) is 1.74. The lowest BCUT2D eigenvalue weighted by Crippen LogP contribution is -2.29. The number of hydrogen-bond donors (Lipinski definition) is 2. The van der Waals surface area contributed by atoms with Gasteiger partial charge in [-0.15, -0.1) is 0 Å². The molecule has 0 aromatic heterocycles. The zero-order chi connectivity index (χ0) is 13.5. The predicted molar refractivity (Wildman–Crippen MR) is 69.0 cm³/mol. The molecule has 0 radical (unpaired) electrons. The second kappa shape index (κ2) is 6.90. The molecule has 0 heterocycles. The molecule has 0 bridgehead atoms. The lowest BCUT2D eigenvalue weighted by Gasteiger charge is -2.17. The number of nitro groups is 1. The Morgan fingerprint density at radius 1 is 1.56 bits per heavy atom. The maximum Gasteiger partial charge on any atom is 0.327 e. The molecule has 18 heavy (non-hydrogen) atoms. The molecule has 1 aromatic carbocycles. The van der Waals surface area contributed by atoms with Crippen LogP contribution in [0.25, 0.3) is 0 Å². The summed E-state index contributed by atoms with van der Waals surface area (Å²) < 4.78 is 13.4. The van der Waals surface area contributed by atoms with Crippen LogP contribution in [0.3, 0.4) is 0 Å². The van der Waals surface area contributed by atoms with Gasteiger partial charge in [0.1, 0.15) is 5.69 Å². The molecule has 6 heteroatoms. The number of nitrogens with two attached hydrogens (primary N) is 1. The van der Waals surface area contributed by atoms with Gasteiger partial charge in [0.05, 0.1) is 4.92 Å². The number of rotatable bonds is 7. The molecule has 0 aliphatic carbocycles. The second-order valence-corrected chi connectivity index (χ2v) is 4.11. The summed E-state index contributed by atoms with van der Waals surface area (Å²) in [7, 11) is 0. The summed E-state index contributed by atoms with van der Waals surface area (Å²) >= 11 is 0. The van der Waals surface area contributed by atoms with Crippen molar-refractivity contribution in [3.8, 4) is 0 Å². The number of hydrogen-bond acceptors (Lipinski definition) is 4. The van der Waals surface area contributed by atoms with Crippen LogP contribution in [-0.4, -0.2) is 17.5 Å². The first-order chi connectivity index (χ1) is 8.60. The zero-order valence-electron chi connectivity index (χ0n) is 10.4. The smallest absolute Gasteiger partial charge is 0.327 e. The van der Waals surface area contributed by atoms with Crippen molar-refractivity contribution in [1.82, 2.24) is 0 Å². The summed E-state index contributed by atoms with van der Waals surface area (Å²) in [6.07, 6.45) is 2.79. The zero-order valence-corrected chi connectivity index (χ0v) is 10.4. The molecule has 1 aromatic rings. The van der Waals surface area contributed by atoms with Crippen LogP contribution >= 0.6 is 0 Å². The normalized spacial score (nSPS) is 12.2. The Hall–Kier alpha value is -1.69. The topological polar surface area (TPSA) is 81.2 Å². The van der Waals surface area contributed by atoms with Gasteiger partial charge in [-0.3, -0.25) is 10.1 Å². The number of benzene rings is 1. The molecule has 3 N–H and O–H groups in total. The van der Waals surface area contributed by atoms with Gasteiger partial charge in [0.15, 0.2) is 0 Å². The number of anilines is 1. The van der Waals surface area contributed by atoms with Crippen LogP contribution in [0.15, 0.2) is 18.2 Å².